The lowest BCUT2D eigenvalue weighted by molar-refractivity contribution is -0.231. The second-order valence-electron chi connectivity index (χ2n) is 9.01. The number of rotatable bonds is 6. The third kappa shape index (κ3) is 4.95. The maximum Gasteiger partial charge on any atom is 0.252 e. The van der Waals surface area contributed by atoms with E-state index >= 15 is 0 Å². The number of amides is 2. The van der Waals surface area contributed by atoms with E-state index in [0.717, 1.165) is 0 Å². The maximum absolute atomic E-state index is 13.0. The molecule has 0 aromatic heterocycles. The molecule has 3 aliphatic heterocycles. The van der Waals surface area contributed by atoms with Gasteiger partial charge < -0.3 is 49.5 Å². The lowest BCUT2D eigenvalue weighted by Gasteiger charge is -2.36. The predicted octanol–water partition coefficient (Wildman–Crippen LogP) is 0.840. The average molecular weight is 482 g/mol. The van der Waals surface area contributed by atoms with E-state index in [4.69, 9.17) is 28.4 Å². The Bertz CT molecular complexity index is 953. The fourth-order valence-corrected chi connectivity index (χ4v) is 4.19. The van der Waals surface area contributed by atoms with Crippen molar-refractivity contribution >= 4 is 23.2 Å². The van der Waals surface area contributed by atoms with Gasteiger partial charge >= 0.3 is 0 Å². The summed E-state index contributed by atoms with van der Waals surface area (Å²) in [6, 6.07) is 4.13. The molecule has 188 valence electrons. The molecule has 4 rings (SSSR count). The Morgan fingerprint density at radius 1 is 1.09 bits per heavy atom. The Morgan fingerprint density at radius 2 is 1.74 bits per heavy atom. The highest BCUT2D eigenvalue weighted by molar-refractivity contribution is 5.97. The van der Waals surface area contributed by atoms with Crippen molar-refractivity contribution in [2.75, 3.05) is 24.2 Å². The van der Waals surface area contributed by atoms with E-state index in [1.54, 1.807) is 27.7 Å². The molecule has 5 atom stereocenters. The first-order chi connectivity index (χ1) is 15.9. The van der Waals surface area contributed by atoms with Crippen molar-refractivity contribution in [3.05, 3.63) is 23.4 Å². The number of anilines is 2. The summed E-state index contributed by atoms with van der Waals surface area (Å²) in [6.07, 6.45) is -3.96. The van der Waals surface area contributed by atoms with E-state index in [2.05, 4.69) is 10.6 Å². The summed E-state index contributed by atoms with van der Waals surface area (Å²) in [5.41, 5.74) is -0.203. The van der Waals surface area contributed by atoms with Gasteiger partial charge in [0.25, 0.3) is 5.91 Å². The molecular weight excluding hydrogens is 454 g/mol. The Kier molecular flexibility index (Phi) is 6.46. The molecule has 0 bridgehead atoms. The van der Waals surface area contributed by atoms with E-state index in [1.807, 2.05) is 0 Å². The average Bonchev–Trinajstić information content (AvgIpc) is 3.25. The molecular formula is C21H28N3O10-. The molecule has 2 amide bonds. The number of methoxy groups -OCH3 is 1. The highest BCUT2D eigenvalue weighted by Crippen LogP contribution is 2.44. The van der Waals surface area contributed by atoms with Gasteiger partial charge in [-0.3, -0.25) is 14.8 Å². The Labute approximate surface area is 195 Å². The number of hydrogen-bond acceptors (Lipinski definition) is 11. The second kappa shape index (κ2) is 8.92. The second-order valence-corrected chi connectivity index (χ2v) is 9.01. The van der Waals surface area contributed by atoms with Gasteiger partial charge in [0.05, 0.1) is 25.0 Å². The van der Waals surface area contributed by atoms with Crippen molar-refractivity contribution in [1.29, 1.82) is 0 Å². The molecule has 3 fully saturated rings. The van der Waals surface area contributed by atoms with Crippen molar-refractivity contribution in [2.45, 2.75) is 70.0 Å². The Hall–Kier alpha value is -2.52. The van der Waals surface area contributed by atoms with Crippen molar-refractivity contribution in [3.63, 3.8) is 0 Å². The molecule has 0 spiro atoms. The zero-order valence-corrected chi connectivity index (χ0v) is 19.4. The fraction of sp³-hybridized carbons (Fsp3) is 0.619. The number of carbonyl (C=O) groups is 2. The van der Waals surface area contributed by atoms with Gasteiger partial charge in [-0.15, -0.1) is 0 Å². The number of fused-ring (bicyclic) bond motifs is 3. The number of hydrogen-bond donors (Lipinski definition) is 3. The minimum Gasteiger partial charge on any atom is -0.733 e. The molecule has 1 aromatic carbocycles. The molecule has 5 unspecified atom stereocenters. The van der Waals surface area contributed by atoms with Crippen LogP contribution in [0.4, 0.5) is 11.4 Å². The number of benzene rings is 1. The van der Waals surface area contributed by atoms with Crippen molar-refractivity contribution in [1.82, 2.24) is 5.32 Å². The minimum atomic E-state index is -1.12. The monoisotopic (exact) mass is 482 g/mol. The molecule has 3 N–H and O–H groups in total. The first-order valence-electron chi connectivity index (χ1n) is 10.7. The number of nitrogens with one attached hydrogen (secondary N) is 2. The molecule has 3 heterocycles. The van der Waals surface area contributed by atoms with Gasteiger partial charge in [0.1, 0.15) is 24.1 Å². The Morgan fingerprint density at radius 3 is 2.41 bits per heavy atom. The standard InChI is InChI=1S/C21H28N3O10/c1-20(2)31-14-15(32-20)17-19(34-21(3,4)33-17)30-16(14)18(26)22-9-13(25)23-11-7-6-10(29-5)8-12(11)24(27)28/h6-8,14-17,19,27H,9H2,1-5H3,(H,22,26)(H,23,25)/q-1. The molecule has 34 heavy (non-hydrogen) atoms. The quantitative estimate of drug-likeness (QED) is 0.493. The van der Waals surface area contributed by atoms with Crippen molar-refractivity contribution < 1.29 is 43.2 Å². The van der Waals surface area contributed by atoms with E-state index in [1.165, 1.54) is 25.3 Å². The third-order valence-corrected chi connectivity index (χ3v) is 5.52. The summed E-state index contributed by atoms with van der Waals surface area (Å²) in [7, 11) is 1.39. The molecule has 3 aliphatic rings. The van der Waals surface area contributed by atoms with Crippen LogP contribution in [0, 0.1) is 5.21 Å². The molecule has 0 saturated carbocycles. The summed E-state index contributed by atoms with van der Waals surface area (Å²) in [5.74, 6) is -2.85. The minimum absolute atomic E-state index is 0.0300. The van der Waals surface area contributed by atoms with Gasteiger partial charge in [0.2, 0.25) is 5.91 Å². The zero-order valence-electron chi connectivity index (χ0n) is 19.4. The third-order valence-electron chi connectivity index (χ3n) is 5.52. The van der Waals surface area contributed by atoms with Crippen molar-refractivity contribution in [2.24, 2.45) is 0 Å². The van der Waals surface area contributed by atoms with Crippen LogP contribution >= 0.6 is 0 Å². The SMILES string of the molecule is COc1ccc(NC(=O)CNC(=O)C2OC3OC(C)(C)OC3C3OC(C)(C)OC23)c(N([O-])O)c1. The molecule has 13 nitrogen and oxygen atoms in total. The van der Waals surface area contributed by atoms with Crippen molar-refractivity contribution in [3.8, 4) is 5.75 Å². The van der Waals surface area contributed by atoms with E-state index in [0.29, 0.717) is 5.75 Å². The lowest BCUT2D eigenvalue weighted by atomic mass is 9.98. The first-order valence-corrected chi connectivity index (χ1v) is 10.7. The molecule has 0 aliphatic carbocycles. The molecule has 1 aromatic rings. The van der Waals surface area contributed by atoms with Crippen LogP contribution in [0.15, 0.2) is 18.2 Å². The van der Waals surface area contributed by atoms with Crippen LogP contribution in [0.2, 0.25) is 0 Å². The largest absolute Gasteiger partial charge is 0.733 e. The van der Waals surface area contributed by atoms with Gasteiger partial charge in [-0.05, 0) is 39.8 Å². The van der Waals surface area contributed by atoms with Crippen LogP contribution in [0.1, 0.15) is 27.7 Å². The molecule has 13 heteroatoms. The topological polar surface area (TPSA) is 160 Å². The van der Waals surface area contributed by atoms with Crippen LogP contribution < -0.4 is 20.6 Å². The van der Waals surface area contributed by atoms with Crippen LogP contribution in [-0.4, -0.2) is 73.0 Å². The fourth-order valence-electron chi connectivity index (χ4n) is 4.19. The van der Waals surface area contributed by atoms with E-state index in [-0.39, 0.29) is 11.4 Å². The van der Waals surface area contributed by atoms with Crippen LogP contribution in [0.3, 0.4) is 0 Å². The van der Waals surface area contributed by atoms with Crippen LogP contribution in [-0.2, 0) is 33.3 Å². The smallest absolute Gasteiger partial charge is 0.252 e. The normalized spacial score (nSPS) is 30.7. The summed E-state index contributed by atoms with van der Waals surface area (Å²) in [4.78, 5) is 25.4. The highest BCUT2D eigenvalue weighted by atomic mass is 16.9. The first kappa shape index (κ1) is 24.6. The number of nitrogens with zero attached hydrogens (tertiary/aromatic N) is 1. The van der Waals surface area contributed by atoms with E-state index in [9.17, 15) is 20.0 Å². The highest BCUT2D eigenvalue weighted by Gasteiger charge is 2.62. The van der Waals surface area contributed by atoms with Gasteiger partial charge in [0.15, 0.2) is 24.0 Å². The number of ether oxygens (including phenoxy) is 6. The Balaban J connectivity index is 1.41. The van der Waals surface area contributed by atoms with Crippen LogP contribution in [0.25, 0.3) is 0 Å². The molecule has 3 saturated heterocycles. The predicted molar refractivity (Wildman–Crippen MR) is 115 cm³/mol. The zero-order chi connectivity index (χ0) is 24.8. The van der Waals surface area contributed by atoms with Gasteiger partial charge in [-0.25, -0.2) is 0 Å². The van der Waals surface area contributed by atoms with Gasteiger partial charge in [-0.1, -0.05) is 0 Å². The van der Waals surface area contributed by atoms with Gasteiger partial charge in [0, 0.05) is 6.07 Å². The number of carbonyl (C=O) groups excluding carboxylic acids is 2. The summed E-state index contributed by atoms with van der Waals surface area (Å²) in [6.45, 7) is 6.46. The summed E-state index contributed by atoms with van der Waals surface area (Å²) in [5, 5.41) is 25.3. The lowest BCUT2D eigenvalue weighted by Crippen LogP contribution is -2.59. The molecule has 0 radical (unpaired) electrons. The van der Waals surface area contributed by atoms with Crippen LogP contribution in [0.5, 0.6) is 5.75 Å². The summed E-state index contributed by atoms with van der Waals surface area (Å²) < 4.78 is 34.4. The van der Waals surface area contributed by atoms with E-state index < -0.39 is 65.9 Å². The summed E-state index contributed by atoms with van der Waals surface area (Å²) >= 11 is 0. The maximum atomic E-state index is 13.0. The van der Waals surface area contributed by atoms with Gasteiger partial charge in [-0.2, -0.15) is 0 Å².